The number of nitrogens with zero attached hydrogens (tertiary/aromatic N) is 1. The minimum Gasteiger partial charge on any atom is -0.333 e. The van der Waals surface area contributed by atoms with Gasteiger partial charge in [-0.05, 0) is 24.6 Å². The summed E-state index contributed by atoms with van der Waals surface area (Å²) in [6.45, 7) is 0.827. The molecule has 0 aromatic heterocycles. The molecule has 0 unspecified atom stereocenters. The van der Waals surface area contributed by atoms with Crippen LogP contribution in [-0.4, -0.2) is 17.5 Å². The molecular formula is C10H10BrFN2S. The third-order valence-electron chi connectivity index (χ3n) is 1.97. The van der Waals surface area contributed by atoms with Crippen molar-refractivity contribution in [3.8, 4) is 0 Å². The van der Waals surface area contributed by atoms with E-state index in [-0.39, 0.29) is 5.82 Å². The summed E-state index contributed by atoms with van der Waals surface area (Å²) in [5.41, 5.74) is 0.478. The maximum absolute atomic E-state index is 13.4. The standard InChI is InChI=1S/C10H10BrFN2S/c11-7-2-3-9(8(12)6-7)14-10-13-4-1-5-15-10/h2-3,6H,1,4-5H2,(H,13,14). The lowest BCUT2D eigenvalue weighted by Gasteiger charge is -2.13. The topological polar surface area (TPSA) is 24.4 Å². The molecule has 1 aliphatic rings. The second-order valence-corrected chi connectivity index (χ2v) is 5.14. The Bertz CT molecular complexity index is 395. The van der Waals surface area contributed by atoms with Crippen molar-refractivity contribution in [2.45, 2.75) is 6.42 Å². The van der Waals surface area contributed by atoms with E-state index < -0.39 is 0 Å². The SMILES string of the molecule is Fc1cc(Br)ccc1NC1=NCCCS1. The summed E-state index contributed by atoms with van der Waals surface area (Å²) >= 11 is 4.85. The molecule has 1 N–H and O–H groups in total. The summed E-state index contributed by atoms with van der Waals surface area (Å²) < 4.78 is 14.2. The Labute approximate surface area is 100 Å². The van der Waals surface area contributed by atoms with E-state index >= 15 is 0 Å². The molecule has 1 heterocycles. The average molecular weight is 289 g/mol. The molecule has 15 heavy (non-hydrogen) atoms. The molecule has 0 spiro atoms. The molecule has 0 atom stereocenters. The highest BCUT2D eigenvalue weighted by Crippen LogP contribution is 2.22. The van der Waals surface area contributed by atoms with E-state index in [1.807, 2.05) is 0 Å². The molecule has 1 aliphatic heterocycles. The van der Waals surface area contributed by atoms with Gasteiger partial charge in [0.15, 0.2) is 5.17 Å². The fourth-order valence-electron chi connectivity index (χ4n) is 1.24. The molecular weight excluding hydrogens is 279 g/mol. The van der Waals surface area contributed by atoms with Crippen LogP contribution in [0.1, 0.15) is 6.42 Å². The Morgan fingerprint density at radius 3 is 3.00 bits per heavy atom. The number of hydrogen-bond donors (Lipinski definition) is 1. The van der Waals surface area contributed by atoms with Crippen molar-refractivity contribution in [3.05, 3.63) is 28.5 Å². The van der Waals surface area contributed by atoms with Crippen LogP contribution in [0.5, 0.6) is 0 Å². The van der Waals surface area contributed by atoms with Crippen LogP contribution < -0.4 is 5.32 Å². The zero-order valence-corrected chi connectivity index (χ0v) is 10.4. The Balaban J connectivity index is 2.13. The first kappa shape index (κ1) is 11.0. The number of anilines is 1. The molecule has 0 bridgehead atoms. The quantitative estimate of drug-likeness (QED) is 0.855. The van der Waals surface area contributed by atoms with Gasteiger partial charge in [0.1, 0.15) is 5.82 Å². The van der Waals surface area contributed by atoms with E-state index in [0.29, 0.717) is 5.69 Å². The minimum atomic E-state index is -0.266. The van der Waals surface area contributed by atoms with Crippen molar-refractivity contribution < 1.29 is 4.39 Å². The second kappa shape index (κ2) is 4.99. The number of aliphatic imine (C=N–C) groups is 1. The third kappa shape index (κ3) is 2.95. The van der Waals surface area contributed by atoms with Gasteiger partial charge in [0.05, 0.1) is 5.69 Å². The molecule has 1 aromatic carbocycles. The highest BCUT2D eigenvalue weighted by Gasteiger charge is 2.08. The molecule has 0 saturated carbocycles. The van der Waals surface area contributed by atoms with Crippen LogP contribution in [0.3, 0.4) is 0 Å². The van der Waals surface area contributed by atoms with Crippen molar-refractivity contribution in [3.63, 3.8) is 0 Å². The molecule has 80 valence electrons. The van der Waals surface area contributed by atoms with Crippen LogP contribution in [0.2, 0.25) is 0 Å². The lowest BCUT2D eigenvalue weighted by Crippen LogP contribution is -2.14. The molecule has 0 amide bonds. The van der Waals surface area contributed by atoms with E-state index in [1.54, 1.807) is 23.9 Å². The number of amidine groups is 1. The van der Waals surface area contributed by atoms with Crippen LogP contribution in [0.15, 0.2) is 27.7 Å². The summed E-state index contributed by atoms with van der Waals surface area (Å²) in [7, 11) is 0. The fourth-order valence-corrected chi connectivity index (χ4v) is 2.41. The van der Waals surface area contributed by atoms with E-state index in [0.717, 1.165) is 28.4 Å². The van der Waals surface area contributed by atoms with Gasteiger partial charge in [-0.15, -0.1) is 0 Å². The molecule has 2 nitrogen and oxygen atoms in total. The van der Waals surface area contributed by atoms with Crippen LogP contribution >= 0.6 is 27.7 Å². The third-order valence-corrected chi connectivity index (χ3v) is 3.46. The van der Waals surface area contributed by atoms with Crippen LogP contribution in [0.4, 0.5) is 10.1 Å². The van der Waals surface area contributed by atoms with Gasteiger partial charge >= 0.3 is 0 Å². The largest absolute Gasteiger partial charge is 0.333 e. The number of nitrogens with one attached hydrogen (secondary N) is 1. The first-order chi connectivity index (χ1) is 7.25. The normalized spacial score (nSPS) is 16.0. The minimum absolute atomic E-state index is 0.266. The summed E-state index contributed by atoms with van der Waals surface area (Å²) in [6, 6.07) is 4.95. The van der Waals surface area contributed by atoms with Crippen LogP contribution in [-0.2, 0) is 0 Å². The molecule has 0 aliphatic carbocycles. The van der Waals surface area contributed by atoms with Crippen LogP contribution in [0, 0.1) is 5.82 Å². The monoisotopic (exact) mass is 288 g/mol. The lowest BCUT2D eigenvalue weighted by atomic mass is 10.3. The van der Waals surface area contributed by atoms with Gasteiger partial charge < -0.3 is 5.32 Å². The Hall–Kier alpha value is -0.550. The second-order valence-electron chi connectivity index (χ2n) is 3.14. The van der Waals surface area contributed by atoms with Gasteiger partial charge in [-0.2, -0.15) is 0 Å². The zero-order chi connectivity index (χ0) is 10.7. The van der Waals surface area contributed by atoms with Gasteiger partial charge in [-0.1, -0.05) is 27.7 Å². The number of benzene rings is 1. The number of hydrogen-bond acceptors (Lipinski definition) is 3. The van der Waals surface area contributed by atoms with E-state index in [4.69, 9.17) is 0 Å². The van der Waals surface area contributed by atoms with E-state index in [2.05, 4.69) is 26.2 Å². The van der Waals surface area contributed by atoms with E-state index in [1.165, 1.54) is 6.07 Å². The van der Waals surface area contributed by atoms with Gasteiger partial charge in [0, 0.05) is 16.8 Å². The highest BCUT2D eigenvalue weighted by molar-refractivity contribution is 9.10. The fraction of sp³-hybridized carbons (Fsp3) is 0.300. The molecule has 2 rings (SSSR count). The summed E-state index contributed by atoms with van der Waals surface area (Å²) in [5, 5.41) is 3.80. The van der Waals surface area contributed by atoms with Gasteiger partial charge in [-0.25, -0.2) is 4.39 Å². The van der Waals surface area contributed by atoms with Crippen molar-refractivity contribution >= 4 is 38.5 Å². The van der Waals surface area contributed by atoms with Crippen molar-refractivity contribution in [1.29, 1.82) is 0 Å². The summed E-state index contributed by atoms with van der Waals surface area (Å²) in [6.07, 6.45) is 1.10. The molecule has 0 radical (unpaired) electrons. The van der Waals surface area contributed by atoms with Gasteiger partial charge in [-0.3, -0.25) is 4.99 Å². The Morgan fingerprint density at radius 1 is 1.47 bits per heavy atom. The maximum atomic E-state index is 13.4. The molecule has 5 heteroatoms. The first-order valence-electron chi connectivity index (χ1n) is 4.65. The summed E-state index contributed by atoms with van der Waals surface area (Å²) in [4.78, 5) is 4.28. The van der Waals surface area contributed by atoms with E-state index in [9.17, 15) is 4.39 Å². The van der Waals surface area contributed by atoms with Crippen molar-refractivity contribution in [2.75, 3.05) is 17.6 Å². The van der Waals surface area contributed by atoms with Crippen LogP contribution in [0.25, 0.3) is 0 Å². The molecule has 0 fully saturated rings. The van der Waals surface area contributed by atoms with Gasteiger partial charge in [0.25, 0.3) is 0 Å². The smallest absolute Gasteiger partial charge is 0.161 e. The average Bonchev–Trinajstić information content (AvgIpc) is 2.24. The Morgan fingerprint density at radius 2 is 2.33 bits per heavy atom. The highest BCUT2D eigenvalue weighted by atomic mass is 79.9. The molecule has 1 aromatic rings. The number of halogens is 2. The maximum Gasteiger partial charge on any atom is 0.161 e. The zero-order valence-electron chi connectivity index (χ0n) is 7.96. The van der Waals surface area contributed by atoms with Gasteiger partial charge in [0.2, 0.25) is 0 Å². The summed E-state index contributed by atoms with van der Waals surface area (Å²) in [5.74, 6) is 0.780. The number of thioether (sulfide) groups is 1. The lowest BCUT2D eigenvalue weighted by molar-refractivity contribution is 0.631. The number of rotatable bonds is 1. The van der Waals surface area contributed by atoms with Crippen molar-refractivity contribution in [1.82, 2.24) is 0 Å². The first-order valence-corrected chi connectivity index (χ1v) is 6.43. The molecule has 0 saturated heterocycles. The predicted octanol–water partition coefficient (Wildman–Crippen LogP) is 3.49. The van der Waals surface area contributed by atoms with Crippen molar-refractivity contribution in [2.24, 2.45) is 4.99 Å². The predicted molar refractivity (Wildman–Crippen MR) is 67.1 cm³/mol. The Kier molecular flexibility index (Phi) is 3.64.